The molecular weight excluding hydrogens is 414 g/mol. The molecule has 0 radical (unpaired) electrons. The Labute approximate surface area is 184 Å². The van der Waals surface area contributed by atoms with E-state index >= 15 is 0 Å². The predicted molar refractivity (Wildman–Crippen MR) is 122 cm³/mol. The van der Waals surface area contributed by atoms with Crippen molar-refractivity contribution in [2.75, 3.05) is 7.11 Å². The Balaban J connectivity index is 1.74. The van der Waals surface area contributed by atoms with Crippen molar-refractivity contribution >= 4 is 40.2 Å². The zero-order chi connectivity index (χ0) is 21.8. The van der Waals surface area contributed by atoms with E-state index in [1.165, 1.54) is 7.11 Å². The van der Waals surface area contributed by atoms with Crippen LogP contribution in [0, 0.1) is 0 Å². The summed E-state index contributed by atoms with van der Waals surface area (Å²) in [5.74, 6) is 0.188. The maximum Gasteiger partial charge on any atom is 0.255 e. The summed E-state index contributed by atoms with van der Waals surface area (Å²) in [6.45, 7) is 0.372. The van der Waals surface area contributed by atoms with Crippen LogP contribution in [-0.2, 0) is 11.3 Å². The minimum atomic E-state index is -0.300. The van der Waals surface area contributed by atoms with E-state index in [4.69, 9.17) is 16.3 Å². The number of methoxy groups -OCH3 is 1. The molecule has 0 unspecified atom stereocenters. The van der Waals surface area contributed by atoms with Crippen LogP contribution in [0.15, 0.2) is 66.7 Å². The third-order valence-electron chi connectivity index (χ3n) is 4.77. The molecule has 31 heavy (non-hydrogen) atoms. The number of benzene rings is 3. The summed E-state index contributed by atoms with van der Waals surface area (Å²) < 4.78 is 5.18. The van der Waals surface area contributed by atoms with Gasteiger partial charge in [0.1, 0.15) is 5.82 Å². The monoisotopic (exact) mass is 433 g/mol. The minimum absolute atomic E-state index is 0.124. The molecule has 0 saturated carbocycles. The first-order valence-corrected chi connectivity index (χ1v) is 9.98. The topological polar surface area (TPSA) is 87.2 Å². The average Bonchev–Trinajstić information content (AvgIpc) is 3.22. The first-order chi connectivity index (χ1) is 15.0. The minimum Gasteiger partial charge on any atom is -0.503 e. The number of carbonyl (C=O) groups is 1. The van der Waals surface area contributed by atoms with Gasteiger partial charge in [-0.15, -0.1) is 0 Å². The predicted octanol–water partition coefficient (Wildman–Crippen LogP) is 4.79. The summed E-state index contributed by atoms with van der Waals surface area (Å²) in [4.78, 5) is 20.9. The molecule has 156 valence electrons. The van der Waals surface area contributed by atoms with Crippen molar-refractivity contribution in [3.63, 3.8) is 0 Å². The Kier molecular flexibility index (Phi) is 5.91. The molecule has 0 aliphatic rings. The first kappa shape index (κ1) is 20.5. The number of phenols is 1. The number of fused-ring (bicyclic) bond motifs is 1. The smallest absolute Gasteiger partial charge is 0.255 e. The third kappa shape index (κ3) is 4.54. The van der Waals surface area contributed by atoms with Crippen LogP contribution in [0.3, 0.4) is 0 Å². The van der Waals surface area contributed by atoms with Crippen molar-refractivity contribution in [2.45, 2.75) is 6.54 Å². The van der Waals surface area contributed by atoms with Gasteiger partial charge in [-0.2, -0.15) is 0 Å². The van der Waals surface area contributed by atoms with Crippen LogP contribution in [0.25, 0.3) is 22.7 Å². The summed E-state index contributed by atoms with van der Waals surface area (Å²) in [6, 6.07) is 20.4. The molecule has 0 bridgehead atoms. The second kappa shape index (κ2) is 8.93. The van der Waals surface area contributed by atoms with Crippen molar-refractivity contribution in [1.29, 1.82) is 0 Å². The highest BCUT2D eigenvalue weighted by atomic mass is 35.5. The number of carbonyl (C=O) groups excluding carboxylic acids is 1. The van der Waals surface area contributed by atoms with Crippen molar-refractivity contribution in [3.05, 3.63) is 88.7 Å². The molecule has 4 aromatic rings. The number of imidazole rings is 1. The van der Waals surface area contributed by atoms with E-state index in [1.807, 2.05) is 54.6 Å². The average molecular weight is 434 g/mol. The van der Waals surface area contributed by atoms with E-state index in [2.05, 4.69) is 15.3 Å². The van der Waals surface area contributed by atoms with Crippen molar-refractivity contribution in [3.8, 4) is 11.5 Å². The van der Waals surface area contributed by atoms with Gasteiger partial charge in [0.15, 0.2) is 11.5 Å². The van der Waals surface area contributed by atoms with Gasteiger partial charge in [-0.05, 0) is 41.5 Å². The standard InChI is InChI=1S/C24H20ClN3O3/c1-31-21-13-16(12-18(25)22(21)29)11-17(23-27-19-9-5-6-10-20(19)28-23)24(30)26-14-15-7-3-2-4-8-15/h2-13,29H,14H2,1H3,(H,26,30)(H,27,28)/b17-11+. The fraction of sp³-hybridized carbons (Fsp3) is 0.0833. The van der Waals surface area contributed by atoms with E-state index in [-0.39, 0.29) is 22.4 Å². The number of amides is 1. The number of aromatic amines is 1. The lowest BCUT2D eigenvalue weighted by Crippen LogP contribution is -2.24. The molecular formula is C24H20ClN3O3. The fourth-order valence-corrected chi connectivity index (χ4v) is 3.41. The molecule has 0 saturated heterocycles. The Morgan fingerprint density at radius 2 is 1.90 bits per heavy atom. The molecule has 0 spiro atoms. The number of halogens is 1. The number of nitrogens with one attached hydrogen (secondary N) is 2. The molecule has 0 atom stereocenters. The molecule has 0 aliphatic carbocycles. The summed E-state index contributed by atoms with van der Waals surface area (Å²) in [6.07, 6.45) is 1.66. The number of hydrogen-bond acceptors (Lipinski definition) is 4. The number of ether oxygens (including phenoxy) is 1. The summed E-state index contributed by atoms with van der Waals surface area (Å²) in [5.41, 5.74) is 3.47. The molecule has 3 N–H and O–H groups in total. The van der Waals surface area contributed by atoms with Crippen LogP contribution in [0.4, 0.5) is 0 Å². The largest absolute Gasteiger partial charge is 0.503 e. The van der Waals surface area contributed by atoms with Gasteiger partial charge in [-0.25, -0.2) is 4.98 Å². The van der Waals surface area contributed by atoms with Crippen LogP contribution < -0.4 is 10.1 Å². The van der Waals surface area contributed by atoms with Gasteiger partial charge in [0, 0.05) is 6.54 Å². The van der Waals surface area contributed by atoms with Crippen LogP contribution in [0.2, 0.25) is 5.02 Å². The maximum absolute atomic E-state index is 13.2. The van der Waals surface area contributed by atoms with E-state index in [0.29, 0.717) is 23.5 Å². The van der Waals surface area contributed by atoms with E-state index in [1.54, 1.807) is 18.2 Å². The molecule has 3 aromatic carbocycles. The van der Waals surface area contributed by atoms with Crippen molar-refractivity contribution < 1.29 is 14.6 Å². The number of hydrogen-bond donors (Lipinski definition) is 3. The Morgan fingerprint density at radius 1 is 1.16 bits per heavy atom. The highest BCUT2D eigenvalue weighted by molar-refractivity contribution is 6.32. The van der Waals surface area contributed by atoms with Crippen molar-refractivity contribution in [1.82, 2.24) is 15.3 Å². The van der Waals surface area contributed by atoms with E-state index in [9.17, 15) is 9.90 Å². The van der Waals surface area contributed by atoms with Crippen LogP contribution in [0.1, 0.15) is 17.0 Å². The highest BCUT2D eigenvalue weighted by Crippen LogP contribution is 2.36. The van der Waals surface area contributed by atoms with Crippen LogP contribution in [0.5, 0.6) is 11.5 Å². The normalized spacial score (nSPS) is 11.5. The zero-order valence-corrected chi connectivity index (χ0v) is 17.5. The number of nitrogens with zero attached hydrogens (tertiary/aromatic N) is 1. The second-order valence-electron chi connectivity index (χ2n) is 6.88. The molecule has 7 heteroatoms. The van der Waals surface area contributed by atoms with Gasteiger partial charge in [-0.3, -0.25) is 4.79 Å². The Morgan fingerprint density at radius 3 is 2.65 bits per heavy atom. The molecule has 0 aliphatic heterocycles. The molecule has 4 rings (SSSR count). The molecule has 1 aromatic heterocycles. The number of H-pyrrole nitrogens is 1. The first-order valence-electron chi connectivity index (χ1n) is 9.60. The lowest BCUT2D eigenvalue weighted by Gasteiger charge is -2.10. The molecule has 1 heterocycles. The highest BCUT2D eigenvalue weighted by Gasteiger charge is 2.17. The molecule has 0 fully saturated rings. The number of aromatic hydroxyl groups is 1. The Bertz CT molecular complexity index is 1230. The van der Waals surface area contributed by atoms with Gasteiger partial charge >= 0.3 is 0 Å². The van der Waals surface area contributed by atoms with E-state index < -0.39 is 0 Å². The van der Waals surface area contributed by atoms with Crippen LogP contribution >= 0.6 is 11.6 Å². The number of para-hydroxylation sites is 2. The second-order valence-corrected chi connectivity index (χ2v) is 7.29. The van der Waals surface area contributed by atoms with Crippen molar-refractivity contribution in [2.24, 2.45) is 0 Å². The third-order valence-corrected chi connectivity index (χ3v) is 5.05. The van der Waals surface area contributed by atoms with Gasteiger partial charge in [-0.1, -0.05) is 54.1 Å². The van der Waals surface area contributed by atoms with Gasteiger partial charge in [0.25, 0.3) is 5.91 Å². The van der Waals surface area contributed by atoms with Crippen LogP contribution in [-0.4, -0.2) is 28.1 Å². The maximum atomic E-state index is 13.2. The number of aromatic nitrogens is 2. The number of phenolic OH excluding ortho intramolecular Hbond substituents is 1. The molecule has 6 nitrogen and oxygen atoms in total. The lowest BCUT2D eigenvalue weighted by atomic mass is 10.1. The quantitative estimate of drug-likeness (QED) is 0.381. The SMILES string of the molecule is COc1cc(/C=C(/C(=O)NCc2ccccc2)c2nc3ccccc3[nH]2)cc(Cl)c1O. The number of rotatable bonds is 6. The lowest BCUT2D eigenvalue weighted by molar-refractivity contribution is -0.115. The van der Waals surface area contributed by atoms with Gasteiger partial charge < -0.3 is 20.1 Å². The molecule has 1 amide bonds. The Hall–Kier alpha value is -3.77. The van der Waals surface area contributed by atoms with Gasteiger partial charge in [0.2, 0.25) is 0 Å². The van der Waals surface area contributed by atoms with Gasteiger partial charge in [0.05, 0.1) is 28.7 Å². The summed E-state index contributed by atoms with van der Waals surface area (Å²) in [7, 11) is 1.44. The summed E-state index contributed by atoms with van der Waals surface area (Å²) in [5, 5.41) is 13.1. The zero-order valence-electron chi connectivity index (χ0n) is 16.7. The summed E-state index contributed by atoms with van der Waals surface area (Å²) >= 11 is 6.13. The van der Waals surface area contributed by atoms with E-state index in [0.717, 1.165) is 16.6 Å². The fourth-order valence-electron chi connectivity index (χ4n) is 3.19.